The molecule has 1 unspecified atom stereocenters. The van der Waals surface area contributed by atoms with E-state index >= 15 is 0 Å². The summed E-state index contributed by atoms with van der Waals surface area (Å²) in [4.78, 5) is 12.5. The molecule has 2 rings (SSSR count). The molecule has 1 aromatic rings. The Labute approximate surface area is 115 Å². The van der Waals surface area contributed by atoms with E-state index < -0.39 is 5.41 Å². The first-order valence-electron chi connectivity index (χ1n) is 7.09. The van der Waals surface area contributed by atoms with Gasteiger partial charge in [0, 0.05) is 6.54 Å². The van der Waals surface area contributed by atoms with Gasteiger partial charge in [0.05, 0.1) is 6.61 Å². The van der Waals surface area contributed by atoms with Crippen LogP contribution in [0.1, 0.15) is 37.3 Å². The molecule has 0 spiro atoms. The van der Waals surface area contributed by atoms with Crippen molar-refractivity contribution in [1.82, 2.24) is 0 Å². The van der Waals surface area contributed by atoms with Crippen LogP contribution in [-0.2, 0) is 14.9 Å². The molecule has 1 fully saturated rings. The molecule has 0 aliphatic heterocycles. The summed E-state index contributed by atoms with van der Waals surface area (Å²) in [5, 5.41) is 0. The fourth-order valence-corrected chi connectivity index (χ4v) is 2.97. The van der Waals surface area contributed by atoms with Crippen LogP contribution < -0.4 is 5.73 Å². The maximum atomic E-state index is 12.5. The molecule has 1 aliphatic rings. The monoisotopic (exact) mass is 261 g/mol. The number of ether oxygens (including phenoxy) is 1. The predicted molar refractivity (Wildman–Crippen MR) is 75.9 cm³/mol. The largest absolute Gasteiger partial charge is 0.465 e. The zero-order valence-electron chi connectivity index (χ0n) is 11.8. The molecule has 0 saturated heterocycles. The second-order valence-corrected chi connectivity index (χ2v) is 5.39. The summed E-state index contributed by atoms with van der Waals surface area (Å²) in [5.74, 6) is 0.158. The highest BCUT2D eigenvalue weighted by molar-refractivity contribution is 5.84. The number of hydrogen-bond acceptors (Lipinski definition) is 3. The van der Waals surface area contributed by atoms with Gasteiger partial charge in [-0.25, -0.2) is 0 Å². The zero-order valence-corrected chi connectivity index (χ0v) is 11.8. The molecule has 0 amide bonds. The van der Waals surface area contributed by atoms with Gasteiger partial charge in [0.25, 0.3) is 0 Å². The number of aryl methyl sites for hydroxylation is 1. The van der Waals surface area contributed by atoms with Gasteiger partial charge in [-0.1, -0.05) is 36.2 Å². The summed E-state index contributed by atoms with van der Waals surface area (Å²) in [7, 11) is 0. The molecule has 19 heavy (non-hydrogen) atoms. The van der Waals surface area contributed by atoms with Gasteiger partial charge in [0.2, 0.25) is 0 Å². The number of carbonyl (C=O) groups is 1. The molecule has 3 nitrogen and oxygen atoms in total. The summed E-state index contributed by atoms with van der Waals surface area (Å²) in [5.41, 5.74) is 7.54. The lowest BCUT2D eigenvalue weighted by Gasteiger charge is -2.43. The molecule has 0 heterocycles. The second kappa shape index (κ2) is 5.74. The average molecular weight is 261 g/mol. The Morgan fingerprint density at radius 3 is 2.68 bits per heavy atom. The van der Waals surface area contributed by atoms with E-state index in [2.05, 4.69) is 6.07 Å². The first kappa shape index (κ1) is 14.1. The van der Waals surface area contributed by atoms with E-state index in [1.54, 1.807) is 0 Å². The predicted octanol–water partition coefficient (Wildman–Crippen LogP) is 2.55. The van der Waals surface area contributed by atoms with Crippen LogP contribution in [0.15, 0.2) is 24.3 Å². The Kier molecular flexibility index (Phi) is 4.25. The molecule has 1 atom stereocenters. The van der Waals surface area contributed by atoms with Crippen LogP contribution in [0.2, 0.25) is 0 Å². The third-order valence-corrected chi connectivity index (χ3v) is 4.30. The molecule has 3 heteroatoms. The number of nitrogens with two attached hydrogens (primary N) is 1. The average Bonchev–Trinajstić information content (AvgIpc) is 2.33. The first-order valence-corrected chi connectivity index (χ1v) is 7.09. The third kappa shape index (κ3) is 2.39. The summed E-state index contributed by atoms with van der Waals surface area (Å²) in [6.07, 6.45) is 3.30. The van der Waals surface area contributed by atoms with Crippen LogP contribution in [0.25, 0.3) is 0 Å². The molecule has 0 aromatic heterocycles. The molecule has 1 aliphatic carbocycles. The van der Waals surface area contributed by atoms with Crippen molar-refractivity contribution >= 4 is 5.97 Å². The lowest BCUT2D eigenvalue weighted by molar-refractivity contribution is -0.153. The van der Waals surface area contributed by atoms with E-state index in [4.69, 9.17) is 10.5 Å². The normalized spacial score (nSPS) is 18.5. The van der Waals surface area contributed by atoms with Gasteiger partial charge in [-0.2, -0.15) is 0 Å². The molecule has 1 aromatic carbocycles. The minimum atomic E-state index is -0.652. The number of carbonyl (C=O) groups excluding carboxylic acids is 1. The Morgan fingerprint density at radius 1 is 1.47 bits per heavy atom. The van der Waals surface area contributed by atoms with Gasteiger partial charge in [0.1, 0.15) is 5.41 Å². The Hall–Kier alpha value is -1.35. The Bertz CT molecular complexity index is 454. The maximum absolute atomic E-state index is 12.5. The van der Waals surface area contributed by atoms with Crippen molar-refractivity contribution in [3.63, 3.8) is 0 Å². The van der Waals surface area contributed by atoms with Gasteiger partial charge in [-0.05, 0) is 38.2 Å². The summed E-state index contributed by atoms with van der Waals surface area (Å²) in [6, 6.07) is 8.11. The van der Waals surface area contributed by atoms with E-state index in [1.165, 1.54) is 6.42 Å². The van der Waals surface area contributed by atoms with Crippen molar-refractivity contribution in [1.29, 1.82) is 0 Å². The van der Waals surface area contributed by atoms with Crippen LogP contribution in [0.3, 0.4) is 0 Å². The van der Waals surface area contributed by atoms with Crippen molar-refractivity contribution in [2.75, 3.05) is 13.2 Å². The quantitative estimate of drug-likeness (QED) is 0.829. The number of hydrogen-bond donors (Lipinski definition) is 1. The molecule has 2 N–H and O–H groups in total. The van der Waals surface area contributed by atoms with Gasteiger partial charge in [-0.3, -0.25) is 4.79 Å². The molecule has 1 saturated carbocycles. The van der Waals surface area contributed by atoms with Gasteiger partial charge >= 0.3 is 5.97 Å². The first-order chi connectivity index (χ1) is 9.15. The van der Waals surface area contributed by atoms with E-state index in [0.29, 0.717) is 19.1 Å². The summed E-state index contributed by atoms with van der Waals surface area (Å²) in [6.45, 7) is 4.60. The smallest absolute Gasteiger partial charge is 0.318 e. The van der Waals surface area contributed by atoms with Gasteiger partial charge in [-0.15, -0.1) is 0 Å². The molecular weight excluding hydrogens is 238 g/mol. The maximum Gasteiger partial charge on any atom is 0.318 e. The van der Waals surface area contributed by atoms with Crippen LogP contribution in [-0.4, -0.2) is 19.1 Å². The Balaban J connectivity index is 2.45. The molecular formula is C16H23NO2. The topological polar surface area (TPSA) is 52.3 Å². The summed E-state index contributed by atoms with van der Waals surface area (Å²) < 4.78 is 5.33. The van der Waals surface area contributed by atoms with Gasteiger partial charge < -0.3 is 10.5 Å². The lowest BCUT2D eigenvalue weighted by atomic mass is 9.61. The van der Waals surface area contributed by atoms with Crippen LogP contribution in [0.4, 0.5) is 0 Å². The van der Waals surface area contributed by atoms with Crippen molar-refractivity contribution in [2.24, 2.45) is 11.7 Å². The number of benzene rings is 1. The minimum Gasteiger partial charge on any atom is -0.465 e. The van der Waals surface area contributed by atoms with Crippen molar-refractivity contribution < 1.29 is 9.53 Å². The molecule has 0 radical (unpaired) electrons. The van der Waals surface area contributed by atoms with E-state index in [-0.39, 0.29) is 5.97 Å². The number of esters is 1. The highest BCUT2D eigenvalue weighted by atomic mass is 16.5. The van der Waals surface area contributed by atoms with E-state index in [9.17, 15) is 4.79 Å². The summed E-state index contributed by atoms with van der Waals surface area (Å²) >= 11 is 0. The van der Waals surface area contributed by atoms with Crippen LogP contribution in [0, 0.1) is 12.8 Å². The molecule has 104 valence electrons. The van der Waals surface area contributed by atoms with Crippen LogP contribution >= 0.6 is 0 Å². The number of rotatable bonds is 5. The van der Waals surface area contributed by atoms with E-state index in [0.717, 1.165) is 24.0 Å². The van der Waals surface area contributed by atoms with Gasteiger partial charge in [0.15, 0.2) is 0 Å². The second-order valence-electron chi connectivity index (χ2n) is 5.39. The Morgan fingerprint density at radius 2 is 2.21 bits per heavy atom. The standard InChI is InChI=1S/C16H23NO2/c1-3-19-15(18)16(11-17,13-7-5-8-13)14-9-4-6-12(2)10-14/h4,6,9-10,13H,3,5,7-8,11,17H2,1-2H3. The highest BCUT2D eigenvalue weighted by Crippen LogP contribution is 2.44. The fourth-order valence-electron chi connectivity index (χ4n) is 2.97. The van der Waals surface area contributed by atoms with Crippen molar-refractivity contribution in [3.05, 3.63) is 35.4 Å². The molecule has 0 bridgehead atoms. The zero-order chi connectivity index (χ0) is 13.9. The lowest BCUT2D eigenvalue weighted by Crippen LogP contribution is -2.52. The highest BCUT2D eigenvalue weighted by Gasteiger charge is 2.49. The minimum absolute atomic E-state index is 0.159. The van der Waals surface area contributed by atoms with Crippen molar-refractivity contribution in [3.8, 4) is 0 Å². The SMILES string of the molecule is CCOC(=O)C(CN)(c1cccc(C)c1)C1CCC1. The van der Waals surface area contributed by atoms with Crippen LogP contribution in [0.5, 0.6) is 0 Å². The fraction of sp³-hybridized carbons (Fsp3) is 0.562. The van der Waals surface area contributed by atoms with E-state index in [1.807, 2.05) is 32.0 Å². The van der Waals surface area contributed by atoms with Crippen molar-refractivity contribution in [2.45, 2.75) is 38.5 Å². The third-order valence-electron chi connectivity index (χ3n) is 4.30.